The van der Waals surface area contributed by atoms with Crippen molar-refractivity contribution >= 4 is 10.1 Å². The van der Waals surface area contributed by atoms with Crippen LogP contribution in [-0.4, -0.2) is 37.9 Å². The maximum Gasteiger partial charge on any atom is 0.297 e. The van der Waals surface area contributed by atoms with Crippen molar-refractivity contribution in [2.75, 3.05) is 13.2 Å². The van der Waals surface area contributed by atoms with E-state index in [4.69, 9.17) is 9.29 Å². The van der Waals surface area contributed by atoms with Crippen LogP contribution in [0.15, 0.2) is 53.4 Å². The fourth-order valence-electron chi connectivity index (χ4n) is 2.19. The summed E-state index contributed by atoms with van der Waals surface area (Å²) in [7, 11) is -4.00. The van der Waals surface area contributed by atoms with E-state index >= 15 is 0 Å². The van der Waals surface area contributed by atoms with E-state index in [0.717, 1.165) is 11.1 Å². The zero-order chi connectivity index (χ0) is 16.9. The Kier molecular flexibility index (Phi) is 5.90. The van der Waals surface area contributed by atoms with Crippen LogP contribution in [0.25, 0.3) is 0 Å². The normalized spacial score (nSPS) is 13.0. The molecule has 23 heavy (non-hydrogen) atoms. The highest BCUT2D eigenvalue weighted by molar-refractivity contribution is 7.86. The SMILES string of the molecule is Cc1ccc(S(=O)(=O)OC[C@H](O)CO)c(Cc2ccccc2)c1. The summed E-state index contributed by atoms with van der Waals surface area (Å²) in [5, 5.41) is 18.0. The molecular formula is C17H20O5S. The minimum absolute atomic E-state index is 0.0806. The molecule has 0 amide bonds. The van der Waals surface area contributed by atoms with Crippen molar-refractivity contribution in [1.82, 2.24) is 0 Å². The third-order valence-corrected chi connectivity index (χ3v) is 4.73. The summed E-state index contributed by atoms with van der Waals surface area (Å²) in [5.41, 5.74) is 2.57. The summed E-state index contributed by atoms with van der Waals surface area (Å²) in [5.74, 6) is 0. The van der Waals surface area contributed by atoms with Crippen LogP contribution in [0.4, 0.5) is 0 Å². The second-order valence-electron chi connectivity index (χ2n) is 5.35. The lowest BCUT2D eigenvalue weighted by Gasteiger charge is -2.13. The molecule has 0 fully saturated rings. The monoisotopic (exact) mass is 336 g/mol. The standard InChI is InChI=1S/C17H20O5S/c1-13-7-8-17(23(20,21)22-12-16(19)11-18)15(9-13)10-14-5-3-2-4-6-14/h2-9,16,18-19H,10-12H2,1H3/t16-/m1/s1. The summed E-state index contributed by atoms with van der Waals surface area (Å²) in [6.07, 6.45) is -0.768. The Morgan fingerprint density at radius 3 is 2.48 bits per heavy atom. The summed E-state index contributed by atoms with van der Waals surface area (Å²) < 4.78 is 29.6. The van der Waals surface area contributed by atoms with Crippen LogP contribution >= 0.6 is 0 Å². The molecule has 2 aromatic rings. The van der Waals surface area contributed by atoms with E-state index in [0.29, 0.717) is 12.0 Å². The summed E-state index contributed by atoms with van der Waals surface area (Å²) in [6.45, 7) is 0.860. The first-order valence-electron chi connectivity index (χ1n) is 7.24. The van der Waals surface area contributed by atoms with Gasteiger partial charge in [0.15, 0.2) is 0 Å². The van der Waals surface area contributed by atoms with Gasteiger partial charge in [-0.2, -0.15) is 8.42 Å². The highest BCUT2D eigenvalue weighted by atomic mass is 32.2. The van der Waals surface area contributed by atoms with Crippen LogP contribution in [0.1, 0.15) is 16.7 Å². The van der Waals surface area contributed by atoms with Crippen molar-refractivity contribution in [2.45, 2.75) is 24.3 Å². The van der Waals surface area contributed by atoms with Crippen LogP contribution in [0.3, 0.4) is 0 Å². The van der Waals surface area contributed by atoms with Crippen molar-refractivity contribution in [1.29, 1.82) is 0 Å². The van der Waals surface area contributed by atoms with Crippen molar-refractivity contribution in [2.24, 2.45) is 0 Å². The lowest BCUT2D eigenvalue weighted by atomic mass is 10.0. The number of aryl methyl sites for hydroxylation is 1. The van der Waals surface area contributed by atoms with Crippen molar-refractivity contribution in [3.05, 3.63) is 65.2 Å². The number of hydrogen-bond donors (Lipinski definition) is 2. The maximum absolute atomic E-state index is 12.4. The number of aliphatic hydroxyl groups excluding tert-OH is 2. The molecule has 2 N–H and O–H groups in total. The molecule has 2 aromatic carbocycles. The van der Waals surface area contributed by atoms with E-state index in [1.165, 1.54) is 6.07 Å². The molecule has 5 nitrogen and oxygen atoms in total. The molecular weight excluding hydrogens is 316 g/mol. The van der Waals surface area contributed by atoms with Gasteiger partial charge in [-0.3, -0.25) is 4.18 Å². The molecule has 0 aliphatic heterocycles. The number of aliphatic hydroxyl groups is 2. The van der Waals surface area contributed by atoms with Crippen LogP contribution < -0.4 is 0 Å². The highest BCUT2D eigenvalue weighted by Crippen LogP contribution is 2.22. The van der Waals surface area contributed by atoms with Gasteiger partial charge >= 0.3 is 0 Å². The topological polar surface area (TPSA) is 83.8 Å². The molecule has 0 bridgehead atoms. The van der Waals surface area contributed by atoms with E-state index in [1.54, 1.807) is 6.07 Å². The van der Waals surface area contributed by atoms with E-state index < -0.39 is 29.4 Å². The molecule has 124 valence electrons. The van der Waals surface area contributed by atoms with Gasteiger partial charge in [-0.1, -0.05) is 48.0 Å². The smallest absolute Gasteiger partial charge is 0.297 e. The van der Waals surface area contributed by atoms with Gasteiger partial charge in [-0.05, 0) is 30.5 Å². The third-order valence-electron chi connectivity index (χ3n) is 3.35. The van der Waals surface area contributed by atoms with E-state index in [-0.39, 0.29) is 4.90 Å². The molecule has 1 atom stereocenters. The first-order chi connectivity index (χ1) is 10.9. The van der Waals surface area contributed by atoms with Crippen molar-refractivity contribution < 1.29 is 22.8 Å². The van der Waals surface area contributed by atoms with Gasteiger partial charge in [0.25, 0.3) is 10.1 Å². The Balaban J connectivity index is 2.31. The fraction of sp³-hybridized carbons (Fsp3) is 0.294. The Morgan fingerprint density at radius 2 is 1.83 bits per heavy atom. The predicted molar refractivity (Wildman–Crippen MR) is 86.7 cm³/mol. The zero-order valence-electron chi connectivity index (χ0n) is 12.8. The first kappa shape index (κ1) is 17.6. The molecule has 0 unspecified atom stereocenters. The quantitative estimate of drug-likeness (QED) is 0.751. The third kappa shape index (κ3) is 4.87. The number of hydrogen-bond acceptors (Lipinski definition) is 5. The van der Waals surface area contributed by atoms with Gasteiger partial charge in [0, 0.05) is 0 Å². The molecule has 6 heteroatoms. The average Bonchev–Trinajstić information content (AvgIpc) is 2.53. The fourth-order valence-corrected chi connectivity index (χ4v) is 3.34. The Labute approximate surface area is 136 Å². The summed E-state index contributed by atoms with van der Waals surface area (Å²) in [6, 6.07) is 14.6. The minimum atomic E-state index is -4.00. The summed E-state index contributed by atoms with van der Waals surface area (Å²) in [4.78, 5) is 0.0806. The van der Waals surface area contributed by atoms with Gasteiger partial charge in [0.05, 0.1) is 18.1 Å². The lowest BCUT2D eigenvalue weighted by Crippen LogP contribution is -2.22. The number of rotatable bonds is 7. The van der Waals surface area contributed by atoms with Crippen LogP contribution in [-0.2, 0) is 20.7 Å². The molecule has 2 rings (SSSR count). The Hall–Kier alpha value is -1.73. The zero-order valence-corrected chi connectivity index (χ0v) is 13.7. The summed E-state index contributed by atoms with van der Waals surface area (Å²) >= 11 is 0. The molecule has 0 aliphatic carbocycles. The Morgan fingerprint density at radius 1 is 1.13 bits per heavy atom. The molecule has 0 radical (unpaired) electrons. The first-order valence-corrected chi connectivity index (χ1v) is 8.65. The van der Waals surface area contributed by atoms with Gasteiger partial charge < -0.3 is 10.2 Å². The van der Waals surface area contributed by atoms with Crippen LogP contribution in [0, 0.1) is 6.92 Å². The molecule has 0 heterocycles. The maximum atomic E-state index is 12.4. The lowest BCUT2D eigenvalue weighted by molar-refractivity contribution is 0.0557. The molecule has 0 spiro atoms. The minimum Gasteiger partial charge on any atom is -0.394 e. The van der Waals surface area contributed by atoms with Crippen molar-refractivity contribution in [3.8, 4) is 0 Å². The van der Waals surface area contributed by atoms with Crippen molar-refractivity contribution in [3.63, 3.8) is 0 Å². The van der Waals surface area contributed by atoms with E-state index in [9.17, 15) is 13.5 Å². The average molecular weight is 336 g/mol. The molecule has 0 saturated heterocycles. The molecule has 0 aliphatic rings. The van der Waals surface area contributed by atoms with E-state index in [1.807, 2.05) is 43.3 Å². The predicted octanol–water partition coefficient (Wildman–Crippen LogP) is 1.64. The molecule has 0 aromatic heterocycles. The molecule has 0 saturated carbocycles. The second kappa shape index (κ2) is 7.70. The van der Waals surface area contributed by atoms with Gasteiger partial charge in [-0.25, -0.2) is 0 Å². The number of benzene rings is 2. The van der Waals surface area contributed by atoms with Gasteiger partial charge in [0.2, 0.25) is 0 Å². The van der Waals surface area contributed by atoms with Crippen LogP contribution in [0.2, 0.25) is 0 Å². The van der Waals surface area contributed by atoms with E-state index in [2.05, 4.69) is 0 Å². The highest BCUT2D eigenvalue weighted by Gasteiger charge is 2.21. The van der Waals surface area contributed by atoms with Gasteiger partial charge in [0.1, 0.15) is 6.10 Å². The van der Waals surface area contributed by atoms with Gasteiger partial charge in [-0.15, -0.1) is 0 Å². The second-order valence-corrected chi connectivity index (χ2v) is 6.93. The largest absolute Gasteiger partial charge is 0.394 e. The van der Waals surface area contributed by atoms with Crippen LogP contribution in [0.5, 0.6) is 0 Å². The Bertz CT molecular complexity index is 741.